The molecular formula is C25H26FNO2. The summed E-state index contributed by atoms with van der Waals surface area (Å²) in [6.45, 7) is 0. The van der Waals surface area contributed by atoms with Gasteiger partial charge in [-0.15, -0.1) is 0 Å². The molecule has 0 radical (unpaired) electrons. The molecule has 29 heavy (non-hydrogen) atoms. The number of carbonyl (C=O) groups is 1. The molecule has 5 rings (SSSR count). The maximum Gasteiger partial charge on any atom is 0.306 e. The Kier molecular flexibility index (Phi) is 4.94. The molecule has 1 aromatic carbocycles. The van der Waals surface area contributed by atoms with E-state index in [1.807, 2.05) is 18.2 Å². The quantitative estimate of drug-likeness (QED) is 0.634. The largest absolute Gasteiger partial charge is 0.461 e. The van der Waals surface area contributed by atoms with Crippen molar-refractivity contribution in [2.24, 2.45) is 23.7 Å². The first kappa shape index (κ1) is 18.5. The van der Waals surface area contributed by atoms with Gasteiger partial charge >= 0.3 is 5.97 Å². The van der Waals surface area contributed by atoms with Gasteiger partial charge in [-0.1, -0.05) is 43.5 Å². The minimum atomic E-state index is -0.244. The number of halogens is 1. The summed E-state index contributed by atoms with van der Waals surface area (Å²) >= 11 is 0. The molecule has 2 saturated carbocycles. The van der Waals surface area contributed by atoms with E-state index in [-0.39, 0.29) is 23.8 Å². The number of carbonyl (C=O) groups excluding carboxylic acids is 1. The lowest BCUT2D eigenvalue weighted by atomic mass is 9.61. The molecule has 1 aliphatic heterocycles. The number of hydrogen-bond acceptors (Lipinski definition) is 3. The van der Waals surface area contributed by atoms with Crippen molar-refractivity contribution in [3.05, 3.63) is 60.2 Å². The molecule has 2 aliphatic carbocycles. The number of ether oxygens (including phenoxy) is 1. The van der Waals surface area contributed by atoms with E-state index in [9.17, 15) is 9.18 Å². The summed E-state index contributed by atoms with van der Waals surface area (Å²) in [6.07, 6.45) is 13.0. The van der Waals surface area contributed by atoms with Crippen molar-refractivity contribution in [2.45, 2.75) is 44.6 Å². The van der Waals surface area contributed by atoms with Gasteiger partial charge < -0.3 is 4.74 Å². The van der Waals surface area contributed by atoms with Gasteiger partial charge in [-0.2, -0.15) is 0 Å². The van der Waals surface area contributed by atoms with Crippen LogP contribution in [0.3, 0.4) is 0 Å². The van der Waals surface area contributed by atoms with Gasteiger partial charge in [0.1, 0.15) is 11.9 Å². The van der Waals surface area contributed by atoms with E-state index in [4.69, 9.17) is 4.74 Å². The molecule has 150 valence electrons. The second-order valence-corrected chi connectivity index (χ2v) is 8.78. The number of nitrogens with zero attached hydrogens (tertiary/aromatic N) is 1. The van der Waals surface area contributed by atoms with E-state index >= 15 is 0 Å². The molecule has 3 aliphatic rings. The summed E-state index contributed by atoms with van der Waals surface area (Å²) in [7, 11) is 0. The molecule has 4 heteroatoms. The number of pyridine rings is 1. The van der Waals surface area contributed by atoms with Crippen LogP contribution in [0.4, 0.5) is 4.39 Å². The maximum atomic E-state index is 13.5. The van der Waals surface area contributed by atoms with E-state index in [2.05, 4.69) is 17.1 Å². The molecule has 3 unspecified atom stereocenters. The van der Waals surface area contributed by atoms with Crippen LogP contribution in [-0.4, -0.2) is 17.1 Å². The summed E-state index contributed by atoms with van der Waals surface area (Å²) in [4.78, 5) is 16.5. The highest BCUT2D eigenvalue weighted by molar-refractivity contribution is 5.72. The van der Waals surface area contributed by atoms with Crippen molar-refractivity contribution in [2.75, 3.05) is 0 Å². The fraction of sp³-hybridized carbons (Fsp3) is 0.440. The molecule has 0 bridgehead atoms. The molecule has 1 aromatic heterocycles. The second-order valence-electron chi connectivity index (χ2n) is 8.78. The molecule has 2 aromatic rings. The predicted octanol–water partition coefficient (Wildman–Crippen LogP) is 5.66. The molecule has 5 atom stereocenters. The Balaban J connectivity index is 1.37. The van der Waals surface area contributed by atoms with Gasteiger partial charge in [-0.25, -0.2) is 4.39 Å². The third kappa shape index (κ3) is 3.73. The lowest BCUT2D eigenvalue weighted by molar-refractivity contribution is -0.145. The predicted molar refractivity (Wildman–Crippen MR) is 110 cm³/mol. The number of rotatable bonds is 3. The third-order valence-electron chi connectivity index (χ3n) is 7.04. The van der Waals surface area contributed by atoms with Crippen LogP contribution >= 0.6 is 0 Å². The zero-order valence-corrected chi connectivity index (χ0v) is 16.5. The molecule has 3 nitrogen and oxygen atoms in total. The molecule has 0 N–H and O–H groups in total. The zero-order valence-electron chi connectivity index (χ0n) is 16.5. The first-order valence-electron chi connectivity index (χ1n) is 10.8. The lowest BCUT2D eigenvalue weighted by Crippen LogP contribution is -2.42. The van der Waals surface area contributed by atoms with Crippen molar-refractivity contribution in [3.8, 4) is 11.1 Å². The second kappa shape index (κ2) is 7.74. The molecule has 2 heterocycles. The van der Waals surface area contributed by atoms with Crippen LogP contribution in [0.2, 0.25) is 0 Å². The van der Waals surface area contributed by atoms with Crippen LogP contribution in [0, 0.1) is 29.5 Å². The fourth-order valence-corrected chi connectivity index (χ4v) is 5.71. The van der Waals surface area contributed by atoms with Crippen molar-refractivity contribution < 1.29 is 13.9 Å². The molecular weight excluding hydrogens is 365 g/mol. The topological polar surface area (TPSA) is 39.2 Å². The average molecular weight is 391 g/mol. The van der Waals surface area contributed by atoms with E-state index in [0.29, 0.717) is 18.3 Å². The Labute approximate surface area is 171 Å². The standard InChI is InChI=1S/C25H26FNO2/c26-20-6-3-5-16(13-20)18-8-9-21(27-15-18)10-11-23-22-7-2-1-4-17(22)12-19-14-24(28)29-25(19)23/h3,5-6,8-11,13,15,17,19,22-23,25H,1-2,4,7,12,14H2/b11-10+/t17?,19-,22?,23?,25+/m1/s1. The maximum absolute atomic E-state index is 13.5. The number of aromatic nitrogens is 1. The van der Waals surface area contributed by atoms with Gasteiger partial charge in [0, 0.05) is 23.6 Å². The third-order valence-corrected chi connectivity index (χ3v) is 7.04. The summed E-state index contributed by atoms with van der Waals surface area (Å²) in [5.41, 5.74) is 2.60. The number of fused-ring (bicyclic) bond motifs is 2. The SMILES string of the molecule is O=C1C[C@H]2CC3CCCCC3C(/C=C/c3ccc(-c4cccc(F)c4)cn3)[C@H]2O1. The van der Waals surface area contributed by atoms with Gasteiger partial charge in [-0.3, -0.25) is 9.78 Å². The number of esters is 1. The summed E-state index contributed by atoms with van der Waals surface area (Å²) in [5, 5.41) is 0. The first-order valence-corrected chi connectivity index (χ1v) is 10.8. The Bertz CT molecular complexity index is 923. The Morgan fingerprint density at radius 2 is 1.97 bits per heavy atom. The highest BCUT2D eigenvalue weighted by Crippen LogP contribution is 2.50. The van der Waals surface area contributed by atoms with Crippen LogP contribution in [0.1, 0.15) is 44.2 Å². The van der Waals surface area contributed by atoms with E-state index in [1.54, 1.807) is 12.3 Å². The monoisotopic (exact) mass is 391 g/mol. The minimum Gasteiger partial charge on any atom is -0.461 e. The highest BCUT2D eigenvalue weighted by Gasteiger charge is 2.49. The van der Waals surface area contributed by atoms with Crippen molar-refractivity contribution in [1.82, 2.24) is 4.98 Å². The smallest absolute Gasteiger partial charge is 0.306 e. The van der Waals surface area contributed by atoms with Crippen molar-refractivity contribution in [1.29, 1.82) is 0 Å². The first-order chi connectivity index (χ1) is 14.2. The summed E-state index contributed by atoms with van der Waals surface area (Å²) in [6, 6.07) is 10.5. The average Bonchev–Trinajstić information content (AvgIpc) is 3.11. The van der Waals surface area contributed by atoms with E-state index in [0.717, 1.165) is 29.2 Å². The van der Waals surface area contributed by atoms with Crippen LogP contribution < -0.4 is 0 Å². The number of hydrogen-bond donors (Lipinski definition) is 0. The van der Waals surface area contributed by atoms with Crippen LogP contribution in [0.25, 0.3) is 17.2 Å². The van der Waals surface area contributed by atoms with Crippen LogP contribution in [0.15, 0.2) is 48.7 Å². The molecule has 0 spiro atoms. The highest BCUT2D eigenvalue weighted by atomic mass is 19.1. The van der Waals surface area contributed by atoms with Gasteiger partial charge in [0.2, 0.25) is 0 Å². The van der Waals surface area contributed by atoms with Crippen LogP contribution in [0.5, 0.6) is 0 Å². The van der Waals surface area contributed by atoms with Gasteiger partial charge in [0.15, 0.2) is 0 Å². The van der Waals surface area contributed by atoms with Crippen molar-refractivity contribution >= 4 is 12.0 Å². The molecule has 3 fully saturated rings. The normalized spacial score (nSPS) is 31.3. The fourth-order valence-electron chi connectivity index (χ4n) is 5.71. The Morgan fingerprint density at radius 1 is 1.07 bits per heavy atom. The van der Waals surface area contributed by atoms with Gasteiger partial charge in [0.05, 0.1) is 12.1 Å². The molecule has 1 saturated heterocycles. The Morgan fingerprint density at radius 3 is 2.79 bits per heavy atom. The lowest BCUT2D eigenvalue weighted by Gasteiger charge is -2.45. The number of benzene rings is 1. The van der Waals surface area contributed by atoms with E-state index in [1.165, 1.54) is 37.8 Å². The van der Waals surface area contributed by atoms with Crippen molar-refractivity contribution in [3.63, 3.8) is 0 Å². The minimum absolute atomic E-state index is 0.0321. The zero-order chi connectivity index (χ0) is 19.8. The van der Waals surface area contributed by atoms with Crippen LogP contribution in [-0.2, 0) is 9.53 Å². The molecule has 0 amide bonds. The summed E-state index contributed by atoms with van der Waals surface area (Å²) in [5.74, 6) is 1.72. The van der Waals surface area contributed by atoms with Gasteiger partial charge in [0.25, 0.3) is 0 Å². The Hall–Kier alpha value is -2.49. The van der Waals surface area contributed by atoms with Gasteiger partial charge in [-0.05, 0) is 54.5 Å². The summed E-state index contributed by atoms with van der Waals surface area (Å²) < 4.78 is 19.2. The van der Waals surface area contributed by atoms with E-state index < -0.39 is 0 Å².